The Morgan fingerprint density at radius 1 is 1.44 bits per heavy atom. The Morgan fingerprint density at radius 2 is 2.12 bits per heavy atom. The smallest absolute Gasteiger partial charge is 0.323 e. The Bertz CT molecular complexity index is 374. The highest BCUT2D eigenvalue weighted by molar-refractivity contribution is 5.77. The van der Waals surface area contributed by atoms with E-state index in [1.807, 2.05) is 12.1 Å². The lowest BCUT2D eigenvalue weighted by atomic mass is 9.92. The maximum atomic E-state index is 11.5. The van der Waals surface area contributed by atoms with E-state index in [-0.39, 0.29) is 23.7 Å². The predicted molar refractivity (Wildman–Crippen MR) is 59.3 cm³/mol. The monoisotopic (exact) mass is 221 g/mol. The van der Waals surface area contributed by atoms with Crippen LogP contribution in [-0.2, 0) is 9.53 Å². The van der Waals surface area contributed by atoms with E-state index in [1.54, 1.807) is 12.1 Å². The molecule has 2 rings (SSSR count). The summed E-state index contributed by atoms with van der Waals surface area (Å²) < 4.78 is 4.76. The van der Waals surface area contributed by atoms with E-state index in [9.17, 15) is 9.90 Å². The van der Waals surface area contributed by atoms with Gasteiger partial charge in [-0.1, -0.05) is 12.1 Å². The molecule has 0 amide bonds. The highest BCUT2D eigenvalue weighted by Gasteiger charge is 2.34. The summed E-state index contributed by atoms with van der Waals surface area (Å²) in [6.07, 6.45) is 0.907. The molecular weight excluding hydrogens is 206 g/mol. The lowest BCUT2D eigenvalue weighted by molar-refractivity contribution is -0.143. The van der Waals surface area contributed by atoms with E-state index in [4.69, 9.17) is 4.74 Å². The normalized spacial score (nSPS) is 24.3. The highest BCUT2D eigenvalue weighted by Crippen LogP contribution is 2.29. The summed E-state index contributed by atoms with van der Waals surface area (Å²) >= 11 is 0. The first-order valence-electron chi connectivity index (χ1n) is 5.32. The standard InChI is InChI=1S/C12H15NO3/c1-16-12(15)11-10(6-7-13-11)8-2-4-9(14)5-3-8/h2-5,10-11,13-14H,6-7H2,1H3. The lowest BCUT2D eigenvalue weighted by Gasteiger charge is -2.17. The molecule has 0 aliphatic carbocycles. The van der Waals surface area contributed by atoms with Crippen molar-refractivity contribution in [2.24, 2.45) is 0 Å². The van der Waals surface area contributed by atoms with E-state index in [2.05, 4.69) is 5.32 Å². The molecule has 16 heavy (non-hydrogen) atoms. The van der Waals surface area contributed by atoms with Gasteiger partial charge in [0.2, 0.25) is 0 Å². The molecule has 2 N–H and O–H groups in total. The third-order valence-corrected chi connectivity index (χ3v) is 3.00. The number of esters is 1. The summed E-state index contributed by atoms with van der Waals surface area (Å²) in [6, 6.07) is 6.71. The van der Waals surface area contributed by atoms with Crippen molar-refractivity contribution in [3.05, 3.63) is 29.8 Å². The lowest BCUT2D eigenvalue weighted by Crippen LogP contribution is -2.35. The minimum absolute atomic E-state index is 0.132. The van der Waals surface area contributed by atoms with Gasteiger partial charge in [-0.15, -0.1) is 0 Å². The fourth-order valence-corrected chi connectivity index (χ4v) is 2.16. The molecule has 1 heterocycles. The number of hydrogen-bond donors (Lipinski definition) is 2. The van der Waals surface area contributed by atoms with Crippen LogP contribution in [0.25, 0.3) is 0 Å². The van der Waals surface area contributed by atoms with Crippen LogP contribution in [-0.4, -0.2) is 30.8 Å². The molecule has 0 aromatic heterocycles. The molecule has 2 atom stereocenters. The van der Waals surface area contributed by atoms with Gasteiger partial charge in [-0.05, 0) is 30.7 Å². The zero-order valence-electron chi connectivity index (χ0n) is 9.14. The van der Waals surface area contributed by atoms with Crippen LogP contribution in [0.2, 0.25) is 0 Å². The maximum absolute atomic E-state index is 11.5. The van der Waals surface area contributed by atoms with Crippen molar-refractivity contribution in [1.29, 1.82) is 0 Å². The van der Waals surface area contributed by atoms with Gasteiger partial charge >= 0.3 is 5.97 Å². The average molecular weight is 221 g/mol. The first kappa shape index (κ1) is 11.0. The van der Waals surface area contributed by atoms with Crippen LogP contribution in [0.5, 0.6) is 5.75 Å². The Morgan fingerprint density at radius 3 is 2.75 bits per heavy atom. The highest BCUT2D eigenvalue weighted by atomic mass is 16.5. The molecule has 0 saturated carbocycles. The van der Waals surface area contributed by atoms with Crippen LogP contribution in [0.4, 0.5) is 0 Å². The fourth-order valence-electron chi connectivity index (χ4n) is 2.16. The van der Waals surface area contributed by atoms with E-state index >= 15 is 0 Å². The zero-order chi connectivity index (χ0) is 11.5. The van der Waals surface area contributed by atoms with E-state index < -0.39 is 0 Å². The van der Waals surface area contributed by atoms with Gasteiger partial charge in [0.25, 0.3) is 0 Å². The van der Waals surface area contributed by atoms with Crippen LogP contribution in [0, 0.1) is 0 Å². The van der Waals surface area contributed by atoms with Gasteiger partial charge in [0.1, 0.15) is 11.8 Å². The summed E-state index contributed by atoms with van der Waals surface area (Å²) in [5.41, 5.74) is 1.05. The molecule has 0 bridgehead atoms. The van der Waals surface area contributed by atoms with E-state index in [0.717, 1.165) is 18.5 Å². The fraction of sp³-hybridized carbons (Fsp3) is 0.417. The predicted octanol–water partition coefficient (Wildman–Crippen LogP) is 1.01. The van der Waals surface area contributed by atoms with Gasteiger partial charge in [-0.2, -0.15) is 0 Å². The Hall–Kier alpha value is -1.55. The van der Waals surface area contributed by atoms with Crippen molar-refractivity contribution in [2.45, 2.75) is 18.4 Å². The first-order chi connectivity index (χ1) is 7.72. The largest absolute Gasteiger partial charge is 0.508 e. The summed E-state index contributed by atoms with van der Waals surface area (Å²) in [7, 11) is 1.40. The third-order valence-electron chi connectivity index (χ3n) is 3.00. The maximum Gasteiger partial charge on any atom is 0.323 e. The number of hydrogen-bond acceptors (Lipinski definition) is 4. The number of ether oxygens (including phenoxy) is 1. The second kappa shape index (κ2) is 4.53. The van der Waals surface area contributed by atoms with Crippen LogP contribution < -0.4 is 5.32 Å². The van der Waals surface area contributed by atoms with Crippen molar-refractivity contribution in [3.63, 3.8) is 0 Å². The van der Waals surface area contributed by atoms with Crippen LogP contribution in [0.1, 0.15) is 17.9 Å². The Labute approximate surface area is 94.2 Å². The molecule has 0 radical (unpaired) electrons. The number of nitrogens with one attached hydrogen (secondary N) is 1. The Kier molecular flexibility index (Phi) is 3.10. The second-order valence-electron chi connectivity index (χ2n) is 3.94. The quantitative estimate of drug-likeness (QED) is 0.732. The average Bonchev–Trinajstić information content (AvgIpc) is 2.78. The minimum Gasteiger partial charge on any atom is -0.508 e. The van der Waals surface area contributed by atoms with E-state index in [1.165, 1.54) is 7.11 Å². The number of carbonyl (C=O) groups is 1. The van der Waals surface area contributed by atoms with Crippen molar-refractivity contribution in [1.82, 2.24) is 5.32 Å². The first-order valence-corrected chi connectivity index (χ1v) is 5.32. The second-order valence-corrected chi connectivity index (χ2v) is 3.94. The van der Waals surface area contributed by atoms with Crippen molar-refractivity contribution in [3.8, 4) is 5.75 Å². The van der Waals surface area contributed by atoms with Crippen molar-refractivity contribution in [2.75, 3.05) is 13.7 Å². The van der Waals surface area contributed by atoms with Crippen LogP contribution >= 0.6 is 0 Å². The Balaban J connectivity index is 2.19. The molecule has 4 nitrogen and oxygen atoms in total. The van der Waals surface area contributed by atoms with Gasteiger partial charge < -0.3 is 15.2 Å². The number of methoxy groups -OCH3 is 1. The topological polar surface area (TPSA) is 58.6 Å². The minimum atomic E-state index is -0.269. The van der Waals surface area contributed by atoms with Gasteiger partial charge in [0.15, 0.2) is 0 Å². The number of carbonyl (C=O) groups excluding carboxylic acids is 1. The molecule has 2 unspecified atom stereocenters. The molecule has 1 aliphatic rings. The summed E-state index contributed by atoms with van der Waals surface area (Å²) in [5, 5.41) is 12.3. The summed E-state index contributed by atoms with van der Waals surface area (Å²) in [6.45, 7) is 0.811. The zero-order valence-corrected chi connectivity index (χ0v) is 9.14. The molecule has 1 aromatic rings. The molecule has 86 valence electrons. The van der Waals surface area contributed by atoms with Gasteiger partial charge in [0, 0.05) is 5.92 Å². The van der Waals surface area contributed by atoms with Gasteiger partial charge in [0.05, 0.1) is 7.11 Å². The molecule has 0 spiro atoms. The summed E-state index contributed by atoms with van der Waals surface area (Å²) in [5.74, 6) is 0.146. The number of benzene rings is 1. The van der Waals surface area contributed by atoms with Crippen LogP contribution in [0.15, 0.2) is 24.3 Å². The molecule has 1 saturated heterocycles. The molecular formula is C12H15NO3. The van der Waals surface area contributed by atoms with Gasteiger partial charge in [-0.3, -0.25) is 4.79 Å². The van der Waals surface area contributed by atoms with Crippen LogP contribution in [0.3, 0.4) is 0 Å². The number of rotatable bonds is 2. The SMILES string of the molecule is COC(=O)C1NCCC1c1ccc(O)cc1. The molecule has 4 heteroatoms. The number of phenols is 1. The molecule has 1 aromatic carbocycles. The van der Waals surface area contributed by atoms with E-state index in [0.29, 0.717) is 0 Å². The van der Waals surface area contributed by atoms with Crippen molar-refractivity contribution < 1.29 is 14.6 Å². The van der Waals surface area contributed by atoms with Gasteiger partial charge in [-0.25, -0.2) is 0 Å². The van der Waals surface area contributed by atoms with Crippen molar-refractivity contribution >= 4 is 5.97 Å². The number of aromatic hydroxyl groups is 1. The molecule has 1 aliphatic heterocycles. The number of phenolic OH excluding ortho intramolecular Hbond substituents is 1. The summed E-state index contributed by atoms with van der Waals surface area (Å²) in [4.78, 5) is 11.5. The molecule has 1 fully saturated rings. The third kappa shape index (κ3) is 2.02.